The van der Waals surface area contributed by atoms with E-state index in [4.69, 9.17) is 4.74 Å². The first kappa shape index (κ1) is 12.4. The molecule has 1 saturated heterocycles. The van der Waals surface area contributed by atoms with E-state index in [1.807, 2.05) is 35.2 Å². The summed E-state index contributed by atoms with van der Waals surface area (Å²) in [6.45, 7) is 1.79. The molecule has 1 amide bonds. The number of rotatable bonds is 3. The molecule has 0 aliphatic carbocycles. The molecule has 2 rings (SSSR count). The van der Waals surface area contributed by atoms with Crippen molar-refractivity contribution in [2.24, 2.45) is 0 Å². The average molecular weight is 298 g/mol. The van der Waals surface area contributed by atoms with Gasteiger partial charge in [0.1, 0.15) is 5.75 Å². The van der Waals surface area contributed by atoms with Gasteiger partial charge in [-0.25, -0.2) is 0 Å². The number of piperidine rings is 1. The lowest BCUT2D eigenvalue weighted by Crippen LogP contribution is -2.41. The Bertz CT molecular complexity index is 361. The number of alkyl halides is 1. The zero-order chi connectivity index (χ0) is 12.1. The number of nitrogens with zero attached hydrogens (tertiary/aromatic N) is 1. The summed E-state index contributed by atoms with van der Waals surface area (Å²) in [5.41, 5.74) is 0. The molecule has 0 bridgehead atoms. The van der Waals surface area contributed by atoms with Crippen molar-refractivity contribution in [3.63, 3.8) is 0 Å². The number of benzene rings is 1. The Morgan fingerprint density at radius 2 is 1.94 bits per heavy atom. The van der Waals surface area contributed by atoms with Gasteiger partial charge in [0.2, 0.25) is 0 Å². The van der Waals surface area contributed by atoms with E-state index in [9.17, 15) is 4.79 Å². The van der Waals surface area contributed by atoms with Crippen molar-refractivity contribution in [1.82, 2.24) is 4.90 Å². The number of hydrogen-bond donors (Lipinski definition) is 0. The minimum Gasteiger partial charge on any atom is -0.484 e. The van der Waals surface area contributed by atoms with Crippen molar-refractivity contribution in [3.05, 3.63) is 30.3 Å². The van der Waals surface area contributed by atoms with Crippen molar-refractivity contribution in [3.8, 4) is 5.75 Å². The maximum Gasteiger partial charge on any atom is 0.260 e. The Balaban J connectivity index is 1.78. The normalized spacial score (nSPS) is 16.9. The fraction of sp³-hybridized carbons (Fsp3) is 0.462. The van der Waals surface area contributed by atoms with Crippen LogP contribution in [0.5, 0.6) is 5.75 Å². The summed E-state index contributed by atoms with van der Waals surface area (Å²) >= 11 is 3.57. The van der Waals surface area contributed by atoms with Gasteiger partial charge in [-0.15, -0.1) is 0 Å². The van der Waals surface area contributed by atoms with E-state index in [1.54, 1.807) is 0 Å². The van der Waals surface area contributed by atoms with Crippen LogP contribution < -0.4 is 4.74 Å². The molecule has 17 heavy (non-hydrogen) atoms. The maximum absolute atomic E-state index is 11.9. The number of ether oxygens (including phenoxy) is 1. The second-order valence-corrected chi connectivity index (χ2v) is 5.45. The lowest BCUT2D eigenvalue weighted by molar-refractivity contribution is -0.134. The van der Waals surface area contributed by atoms with Crippen LogP contribution >= 0.6 is 15.9 Å². The molecule has 3 nitrogen and oxygen atoms in total. The van der Waals surface area contributed by atoms with Crippen LogP contribution in [-0.2, 0) is 4.79 Å². The van der Waals surface area contributed by atoms with Gasteiger partial charge in [-0.1, -0.05) is 34.1 Å². The minimum atomic E-state index is 0.0771. The van der Waals surface area contributed by atoms with E-state index in [-0.39, 0.29) is 12.5 Å². The third-order valence-corrected chi connectivity index (χ3v) is 3.80. The van der Waals surface area contributed by atoms with E-state index in [2.05, 4.69) is 15.9 Å². The number of halogens is 1. The third-order valence-electron chi connectivity index (χ3n) is 2.88. The van der Waals surface area contributed by atoms with Crippen molar-refractivity contribution >= 4 is 21.8 Å². The van der Waals surface area contributed by atoms with Gasteiger partial charge >= 0.3 is 0 Å². The van der Waals surface area contributed by atoms with Crippen molar-refractivity contribution in [2.75, 3.05) is 19.7 Å². The molecule has 0 radical (unpaired) electrons. The van der Waals surface area contributed by atoms with E-state index >= 15 is 0 Å². The van der Waals surface area contributed by atoms with Gasteiger partial charge in [0.15, 0.2) is 6.61 Å². The quantitative estimate of drug-likeness (QED) is 0.802. The monoisotopic (exact) mass is 297 g/mol. The van der Waals surface area contributed by atoms with Gasteiger partial charge < -0.3 is 9.64 Å². The highest BCUT2D eigenvalue weighted by atomic mass is 79.9. The van der Waals surface area contributed by atoms with Crippen LogP contribution in [0.25, 0.3) is 0 Å². The predicted molar refractivity (Wildman–Crippen MR) is 70.5 cm³/mol. The Morgan fingerprint density at radius 1 is 1.29 bits per heavy atom. The van der Waals surface area contributed by atoms with Gasteiger partial charge in [0, 0.05) is 17.9 Å². The Morgan fingerprint density at radius 3 is 2.59 bits per heavy atom. The highest BCUT2D eigenvalue weighted by Crippen LogP contribution is 2.17. The van der Waals surface area contributed by atoms with Crippen molar-refractivity contribution < 1.29 is 9.53 Å². The standard InChI is InChI=1S/C13H16BrNO2/c14-11-6-8-15(9-7-11)13(16)10-17-12-4-2-1-3-5-12/h1-5,11H,6-10H2. The highest BCUT2D eigenvalue weighted by Gasteiger charge is 2.21. The van der Waals surface area contributed by atoms with Gasteiger partial charge in [-0.3, -0.25) is 4.79 Å². The molecule has 4 heteroatoms. The molecule has 1 heterocycles. The summed E-state index contributed by atoms with van der Waals surface area (Å²) in [6, 6.07) is 9.44. The van der Waals surface area contributed by atoms with Crippen LogP contribution in [0.15, 0.2) is 30.3 Å². The third kappa shape index (κ3) is 3.73. The number of para-hydroxylation sites is 1. The molecule has 1 fully saturated rings. The molecule has 0 saturated carbocycles. The van der Waals surface area contributed by atoms with E-state index in [0.29, 0.717) is 4.83 Å². The molecule has 0 aromatic heterocycles. The predicted octanol–water partition coefficient (Wildman–Crippen LogP) is 2.45. The number of carbonyl (C=O) groups is 1. The lowest BCUT2D eigenvalue weighted by Gasteiger charge is -2.29. The Kier molecular flexibility index (Phi) is 4.42. The van der Waals surface area contributed by atoms with E-state index < -0.39 is 0 Å². The fourth-order valence-electron chi connectivity index (χ4n) is 1.85. The topological polar surface area (TPSA) is 29.5 Å². The zero-order valence-corrected chi connectivity index (χ0v) is 11.2. The summed E-state index contributed by atoms with van der Waals surface area (Å²) in [4.78, 5) is 14.3. The van der Waals surface area contributed by atoms with E-state index in [0.717, 1.165) is 31.7 Å². The van der Waals surface area contributed by atoms with E-state index in [1.165, 1.54) is 0 Å². The molecule has 92 valence electrons. The molecule has 1 aliphatic rings. The molecular weight excluding hydrogens is 282 g/mol. The summed E-state index contributed by atoms with van der Waals surface area (Å²) < 4.78 is 5.44. The molecule has 0 unspecified atom stereocenters. The first-order chi connectivity index (χ1) is 8.25. The molecular formula is C13H16BrNO2. The summed E-state index contributed by atoms with van der Waals surface area (Å²) in [5.74, 6) is 0.824. The fourth-order valence-corrected chi connectivity index (χ4v) is 2.26. The number of hydrogen-bond acceptors (Lipinski definition) is 2. The number of amides is 1. The Labute approximate surface area is 110 Å². The summed E-state index contributed by atoms with van der Waals surface area (Å²) in [7, 11) is 0. The SMILES string of the molecule is O=C(COc1ccccc1)N1CCC(Br)CC1. The van der Waals surface area contributed by atoms with Crippen LogP contribution in [0.2, 0.25) is 0 Å². The Hall–Kier alpha value is -1.03. The van der Waals surface area contributed by atoms with Crippen LogP contribution in [-0.4, -0.2) is 35.3 Å². The van der Waals surface area contributed by atoms with Gasteiger partial charge in [-0.05, 0) is 25.0 Å². The lowest BCUT2D eigenvalue weighted by atomic mass is 10.1. The second-order valence-electron chi connectivity index (χ2n) is 4.16. The van der Waals surface area contributed by atoms with Gasteiger partial charge in [-0.2, -0.15) is 0 Å². The molecule has 1 aliphatic heterocycles. The second kappa shape index (κ2) is 6.05. The molecule has 0 N–H and O–H groups in total. The number of carbonyl (C=O) groups excluding carboxylic acids is 1. The number of likely N-dealkylation sites (tertiary alicyclic amines) is 1. The summed E-state index contributed by atoms with van der Waals surface area (Å²) in [6.07, 6.45) is 2.05. The van der Waals surface area contributed by atoms with Crippen LogP contribution in [0.1, 0.15) is 12.8 Å². The first-order valence-corrected chi connectivity index (χ1v) is 6.77. The average Bonchev–Trinajstić information content (AvgIpc) is 2.38. The highest BCUT2D eigenvalue weighted by molar-refractivity contribution is 9.09. The minimum absolute atomic E-state index is 0.0771. The zero-order valence-electron chi connectivity index (χ0n) is 9.64. The smallest absolute Gasteiger partial charge is 0.260 e. The van der Waals surface area contributed by atoms with Crippen LogP contribution in [0.4, 0.5) is 0 Å². The maximum atomic E-state index is 11.9. The summed E-state index contributed by atoms with van der Waals surface area (Å²) in [5, 5.41) is 0. The van der Waals surface area contributed by atoms with Crippen molar-refractivity contribution in [2.45, 2.75) is 17.7 Å². The van der Waals surface area contributed by atoms with Crippen LogP contribution in [0.3, 0.4) is 0 Å². The molecule has 0 spiro atoms. The molecule has 1 aromatic carbocycles. The van der Waals surface area contributed by atoms with Gasteiger partial charge in [0.25, 0.3) is 5.91 Å². The van der Waals surface area contributed by atoms with Crippen LogP contribution in [0, 0.1) is 0 Å². The van der Waals surface area contributed by atoms with Crippen molar-refractivity contribution in [1.29, 1.82) is 0 Å². The van der Waals surface area contributed by atoms with Gasteiger partial charge in [0.05, 0.1) is 0 Å². The largest absolute Gasteiger partial charge is 0.484 e. The first-order valence-electron chi connectivity index (χ1n) is 5.85. The molecule has 0 atom stereocenters. The molecule has 1 aromatic rings.